The highest BCUT2D eigenvalue weighted by Crippen LogP contribution is 2.23. The summed E-state index contributed by atoms with van der Waals surface area (Å²) in [5.74, 6) is -0.222. The molecule has 5 rings (SSSR count). The van der Waals surface area contributed by atoms with E-state index in [1.165, 1.54) is 31.9 Å². The van der Waals surface area contributed by atoms with Crippen molar-refractivity contribution in [2.24, 2.45) is 0 Å². The Morgan fingerprint density at radius 2 is 1.62 bits per heavy atom. The predicted molar refractivity (Wildman–Crippen MR) is 182 cm³/mol. The SMILES string of the molecule is CC.CNC(=O)OC(C)(C)C.Cc1cn(-c2cc(CN3CCCCC3)cc(NC(=O)c3cc(-c4ccccc4)ccn3)c2)cn1. The second-order valence-corrected chi connectivity index (χ2v) is 11.6. The molecule has 0 atom stereocenters. The standard InChI is InChI=1S/C28H29N5O.C6H13NO2.C2H6/c1-21-18-33(20-30-21)26-15-22(19-32-12-6-3-7-13-32)14-25(17-26)31-28(34)27-16-24(10-11-29-27)23-8-4-2-5-9-23;1-6(2,3)9-5(8)7-4;1-2/h2,4-5,8-11,14-18,20H,3,6-7,12-13,19H2,1H3,(H,31,34);1-4H3,(H,7,8);1-2H3. The minimum atomic E-state index is -0.389. The van der Waals surface area contributed by atoms with Gasteiger partial charge in [-0.3, -0.25) is 14.7 Å². The van der Waals surface area contributed by atoms with Crippen LogP contribution >= 0.6 is 0 Å². The topological polar surface area (TPSA) is 101 Å². The van der Waals surface area contributed by atoms with Crippen LogP contribution in [0.25, 0.3) is 16.8 Å². The van der Waals surface area contributed by atoms with Gasteiger partial charge in [0.05, 0.1) is 12.0 Å². The van der Waals surface area contributed by atoms with Gasteiger partial charge in [0.25, 0.3) is 5.91 Å². The average molecular weight is 613 g/mol. The van der Waals surface area contributed by atoms with Gasteiger partial charge in [0.1, 0.15) is 11.3 Å². The van der Waals surface area contributed by atoms with Crippen molar-refractivity contribution in [1.82, 2.24) is 24.8 Å². The number of likely N-dealkylation sites (tertiary alicyclic amines) is 1. The smallest absolute Gasteiger partial charge is 0.407 e. The Labute approximate surface area is 268 Å². The fourth-order valence-electron chi connectivity index (χ4n) is 4.81. The monoisotopic (exact) mass is 612 g/mol. The molecule has 0 saturated carbocycles. The number of hydrogen-bond acceptors (Lipinski definition) is 6. The molecule has 2 aromatic carbocycles. The molecular formula is C36H48N6O3. The van der Waals surface area contributed by atoms with Crippen molar-refractivity contribution in [3.63, 3.8) is 0 Å². The number of anilines is 1. The lowest BCUT2D eigenvalue weighted by molar-refractivity contribution is 0.0541. The van der Waals surface area contributed by atoms with E-state index in [4.69, 9.17) is 4.74 Å². The van der Waals surface area contributed by atoms with Gasteiger partial charge in [-0.15, -0.1) is 0 Å². The largest absolute Gasteiger partial charge is 0.444 e. The number of hydrogen-bond donors (Lipinski definition) is 2. The molecule has 2 amide bonds. The lowest BCUT2D eigenvalue weighted by Crippen LogP contribution is -2.30. The van der Waals surface area contributed by atoms with Gasteiger partial charge in [-0.05, 0) is 101 Å². The minimum absolute atomic E-state index is 0.222. The zero-order valence-electron chi connectivity index (χ0n) is 27.8. The Balaban J connectivity index is 0.000000435. The molecule has 1 aliphatic heterocycles. The van der Waals surface area contributed by atoms with E-state index in [1.807, 2.05) is 107 Å². The molecule has 0 bridgehead atoms. The molecule has 9 heteroatoms. The fourth-order valence-corrected chi connectivity index (χ4v) is 4.81. The van der Waals surface area contributed by atoms with Crippen molar-refractivity contribution in [2.45, 2.75) is 73.0 Å². The number of alkyl carbamates (subject to hydrolysis) is 1. The quantitative estimate of drug-likeness (QED) is 0.232. The molecule has 0 aliphatic carbocycles. The molecule has 4 aromatic rings. The van der Waals surface area contributed by atoms with Crippen LogP contribution in [0.2, 0.25) is 0 Å². The molecule has 2 N–H and O–H groups in total. The number of nitrogens with zero attached hydrogens (tertiary/aromatic N) is 4. The first-order valence-corrected chi connectivity index (χ1v) is 15.7. The highest BCUT2D eigenvalue weighted by atomic mass is 16.6. The summed E-state index contributed by atoms with van der Waals surface area (Å²) in [6.45, 7) is 14.5. The predicted octanol–water partition coefficient (Wildman–Crippen LogP) is 7.65. The van der Waals surface area contributed by atoms with Gasteiger partial charge in [-0.1, -0.05) is 50.6 Å². The number of aryl methyl sites for hydroxylation is 1. The zero-order valence-corrected chi connectivity index (χ0v) is 27.8. The Morgan fingerprint density at radius 3 is 2.22 bits per heavy atom. The summed E-state index contributed by atoms with van der Waals surface area (Å²) in [7, 11) is 1.54. The summed E-state index contributed by atoms with van der Waals surface area (Å²) in [6.07, 6.45) is 8.90. The van der Waals surface area contributed by atoms with Gasteiger partial charge >= 0.3 is 6.09 Å². The zero-order chi connectivity index (χ0) is 32.8. The summed E-state index contributed by atoms with van der Waals surface area (Å²) in [4.78, 5) is 34.8. The van der Waals surface area contributed by atoms with Gasteiger partial charge in [-0.2, -0.15) is 0 Å². The number of amides is 2. The molecule has 3 heterocycles. The van der Waals surface area contributed by atoms with Crippen molar-refractivity contribution < 1.29 is 14.3 Å². The highest BCUT2D eigenvalue weighted by molar-refractivity contribution is 6.03. The first kappa shape index (κ1) is 35.0. The Morgan fingerprint density at radius 1 is 0.911 bits per heavy atom. The number of carbonyl (C=O) groups excluding carboxylic acids is 2. The van der Waals surface area contributed by atoms with E-state index >= 15 is 0 Å². The Kier molecular flexibility index (Phi) is 13.3. The Bertz CT molecular complexity index is 1500. The molecule has 9 nitrogen and oxygen atoms in total. The van der Waals surface area contributed by atoms with E-state index in [2.05, 4.69) is 37.6 Å². The molecule has 45 heavy (non-hydrogen) atoms. The third kappa shape index (κ3) is 11.5. The van der Waals surface area contributed by atoms with Crippen LogP contribution in [0.15, 0.2) is 79.4 Å². The average Bonchev–Trinajstić information content (AvgIpc) is 3.48. The summed E-state index contributed by atoms with van der Waals surface area (Å²) >= 11 is 0. The van der Waals surface area contributed by atoms with Crippen LogP contribution in [0.5, 0.6) is 0 Å². The highest BCUT2D eigenvalue weighted by Gasteiger charge is 2.15. The van der Waals surface area contributed by atoms with Crippen molar-refractivity contribution in [2.75, 3.05) is 25.5 Å². The summed E-state index contributed by atoms with van der Waals surface area (Å²) in [6, 6.07) is 20.0. The first-order chi connectivity index (χ1) is 21.6. The second kappa shape index (κ2) is 17.1. The molecule has 240 valence electrons. The lowest BCUT2D eigenvalue weighted by Gasteiger charge is -2.26. The Hall–Kier alpha value is -4.50. The maximum atomic E-state index is 13.1. The second-order valence-electron chi connectivity index (χ2n) is 11.6. The molecular weight excluding hydrogens is 564 g/mol. The van der Waals surface area contributed by atoms with Crippen LogP contribution in [0.3, 0.4) is 0 Å². The number of piperidine rings is 1. The third-order valence-electron chi connectivity index (χ3n) is 6.80. The van der Waals surface area contributed by atoms with Crippen molar-refractivity contribution in [1.29, 1.82) is 0 Å². The van der Waals surface area contributed by atoms with E-state index in [0.29, 0.717) is 5.69 Å². The van der Waals surface area contributed by atoms with Crippen LogP contribution in [0.1, 0.15) is 75.6 Å². The van der Waals surface area contributed by atoms with E-state index in [-0.39, 0.29) is 17.6 Å². The van der Waals surface area contributed by atoms with Crippen LogP contribution in [0, 0.1) is 6.92 Å². The fraction of sp³-hybridized carbons (Fsp3) is 0.389. The molecule has 0 spiro atoms. The molecule has 0 radical (unpaired) electrons. The van der Waals surface area contributed by atoms with Crippen molar-refractivity contribution >= 4 is 17.7 Å². The number of benzene rings is 2. The first-order valence-electron chi connectivity index (χ1n) is 15.7. The van der Waals surface area contributed by atoms with Gasteiger partial charge in [-0.25, -0.2) is 9.78 Å². The molecule has 2 aromatic heterocycles. The number of carbonyl (C=O) groups is 2. The summed E-state index contributed by atoms with van der Waals surface area (Å²) in [5, 5.41) is 5.44. The summed E-state index contributed by atoms with van der Waals surface area (Å²) < 4.78 is 6.84. The van der Waals surface area contributed by atoms with E-state index in [9.17, 15) is 9.59 Å². The van der Waals surface area contributed by atoms with Crippen molar-refractivity contribution in [3.05, 3.63) is 96.3 Å². The van der Waals surface area contributed by atoms with E-state index in [1.54, 1.807) is 6.20 Å². The van der Waals surface area contributed by atoms with E-state index in [0.717, 1.165) is 47.8 Å². The van der Waals surface area contributed by atoms with Gasteiger partial charge in [0, 0.05) is 37.4 Å². The number of nitrogens with one attached hydrogen (secondary N) is 2. The van der Waals surface area contributed by atoms with Gasteiger partial charge < -0.3 is 19.9 Å². The maximum Gasteiger partial charge on any atom is 0.407 e. The molecule has 1 fully saturated rings. The van der Waals surface area contributed by atoms with Crippen molar-refractivity contribution in [3.8, 4) is 16.8 Å². The third-order valence-corrected chi connectivity index (χ3v) is 6.80. The number of aromatic nitrogens is 3. The summed E-state index contributed by atoms with van der Waals surface area (Å²) in [5.41, 5.74) is 5.89. The van der Waals surface area contributed by atoms with Crippen LogP contribution in [-0.2, 0) is 11.3 Å². The molecule has 1 aliphatic rings. The van der Waals surface area contributed by atoms with Gasteiger partial charge in [0.15, 0.2) is 0 Å². The van der Waals surface area contributed by atoms with Crippen LogP contribution in [-0.4, -0.2) is 57.2 Å². The van der Waals surface area contributed by atoms with Crippen LogP contribution in [0.4, 0.5) is 10.5 Å². The van der Waals surface area contributed by atoms with Gasteiger partial charge in [0.2, 0.25) is 0 Å². The number of imidazole rings is 1. The molecule has 0 unspecified atom stereocenters. The lowest BCUT2D eigenvalue weighted by atomic mass is 10.1. The minimum Gasteiger partial charge on any atom is -0.444 e. The van der Waals surface area contributed by atoms with Crippen LogP contribution < -0.4 is 10.6 Å². The number of pyridine rings is 1. The van der Waals surface area contributed by atoms with E-state index < -0.39 is 0 Å². The normalized spacial score (nSPS) is 13.0. The number of rotatable bonds is 6. The number of ether oxygens (including phenoxy) is 1. The maximum absolute atomic E-state index is 13.1. The molecule has 1 saturated heterocycles.